The highest BCUT2D eigenvalue weighted by atomic mass is 32.2. The number of sulfone groups is 1. The molecule has 0 amide bonds. The van der Waals surface area contributed by atoms with Crippen molar-refractivity contribution < 1.29 is 31.2 Å². The molecule has 0 heterocycles. The van der Waals surface area contributed by atoms with Gasteiger partial charge in [-0.05, 0) is 59.1 Å². The van der Waals surface area contributed by atoms with E-state index < -0.39 is 35.8 Å². The molecule has 34 heavy (non-hydrogen) atoms. The number of benzene rings is 2. The molecule has 0 aliphatic heterocycles. The minimum Gasteiger partial charge on any atom is -0.461 e. The lowest BCUT2D eigenvalue weighted by Crippen LogP contribution is -2.41. The smallest absolute Gasteiger partial charge is 0.302 e. The van der Waals surface area contributed by atoms with E-state index in [4.69, 9.17) is 9.16 Å². The number of halogens is 2. The van der Waals surface area contributed by atoms with Crippen LogP contribution in [0.15, 0.2) is 47.4 Å². The van der Waals surface area contributed by atoms with Gasteiger partial charge in [-0.1, -0.05) is 39.0 Å². The van der Waals surface area contributed by atoms with Crippen LogP contribution in [0.4, 0.5) is 8.78 Å². The van der Waals surface area contributed by atoms with E-state index in [1.807, 2.05) is 0 Å². The van der Waals surface area contributed by atoms with Crippen molar-refractivity contribution in [2.24, 2.45) is 0 Å². The van der Waals surface area contributed by atoms with Gasteiger partial charge in [0.05, 0.1) is 11.5 Å². The molecule has 0 bridgehead atoms. The number of rotatable bonds is 8. The molecule has 0 atom stereocenters. The van der Waals surface area contributed by atoms with Crippen LogP contribution in [-0.2, 0) is 23.8 Å². The lowest BCUT2D eigenvalue weighted by atomic mass is 9.95. The van der Waals surface area contributed by atoms with Crippen LogP contribution in [0.2, 0.25) is 18.1 Å². The second-order valence-electron chi connectivity index (χ2n) is 9.71. The maximum absolute atomic E-state index is 14.2. The Balaban J connectivity index is 2.72. The van der Waals surface area contributed by atoms with Crippen molar-refractivity contribution in [3.63, 3.8) is 0 Å². The van der Waals surface area contributed by atoms with E-state index in [1.165, 1.54) is 25.1 Å². The zero-order valence-electron chi connectivity index (χ0n) is 20.7. The molecular weight excluding hydrogens is 478 g/mol. The van der Waals surface area contributed by atoms with E-state index in [0.717, 1.165) is 18.4 Å². The van der Waals surface area contributed by atoms with Crippen LogP contribution in [0.25, 0.3) is 11.1 Å². The average molecular weight is 511 g/mol. The summed E-state index contributed by atoms with van der Waals surface area (Å²) in [7, 11) is -5.65. The Hall–Kier alpha value is -2.36. The summed E-state index contributed by atoms with van der Waals surface area (Å²) in [6.45, 7) is 11.6. The lowest BCUT2D eigenvalue weighted by molar-refractivity contribution is -0.139. The summed E-state index contributed by atoms with van der Waals surface area (Å²) >= 11 is 0. The molecule has 9 heteroatoms. The van der Waals surface area contributed by atoms with Crippen molar-refractivity contribution >= 4 is 35.3 Å². The van der Waals surface area contributed by atoms with E-state index in [9.17, 15) is 22.0 Å². The van der Waals surface area contributed by atoms with Crippen LogP contribution in [0.1, 0.15) is 38.8 Å². The number of ether oxygens (including phenoxy) is 1. The Labute approximate surface area is 201 Å². The molecule has 0 N–H and O–H groups in total. The third-order valence-electron chi connectivity index (χ3n) is 6.07. The fourth-order valence-corrected chi connectivity index (χ4v) is 4.49. The molecule has 0 unspecified atom stereocenters. The van der Waals surface area contributed by atoms with Gasteiger partial charge in [0, 0.05) is 18.8 Å². The Morgan fingerprint density at radius 2 is 1.44 bits per heavy atom. The van der Waals surface area contributed by atoms with E-state index in [-0.39, 0.29) is 23.1 Å². The molecule has 0 fully saturated rings. The second-order valence-corrected chi connectivity index (χ2v) is 16.5. The van der Waals surface area contributed by atoms with Gasteiger partial charge in [0.1, 0.15) is 6.61 Å². The molecule has 2 aromatic rings. The first-order valence-corrected chi connectivity index (χ1v) is 15.6. The largest absolute Gasteiger partial charge is 0.461 e. The molecule has 186 valence electrons. The van der Waals surface area contributed by atoms with Gasteiger partial charge in [0.15, 0.2) is 29.8 Å². The van der Waals surface area contributed by atoms with Crippen LogP contribution in [0.5, 0.6) is 0 Å². The van der Waals surface area contributed by atoms with Gasteiger partial charge in [-0.2, -0.15) is 0 Å². The predicted molar refractivity (Wildman–Crippen MR) is 133 cm³/mol. The van der Waals surface area contributed by atoms with Gasteiger partial charge < -0.3 is 9.16 Å². The quantitative estimate of drug-likeness (QED) is 0.253. The molecule has 0 aliphatic rings. The third-order valence-corrected chi connectivity index (χ3v) is 11.7. The van der Waals surface area contributed by atoms with E-state index >= 15 is 0 Å². The molecule has 0 saturated heterocycles. The maximum atomic E-state index is 14.2. The van der Waals surface area contributed by atoms with Crippen molar-refractivity contribution in [1.82, 2.24) is 0 Å². The predicted octanol–water partition coefficient (Wildman–Crippen LogP) is 5.86. The zero-order valence-corrected chi connectivity index (χ0v) is 22.5. The van der Waals surface area contributed by atoms with Crippen molar-refractivity contribution in [3.05, 3.63) is 65.2 Å². The molecule has 2 rings (SSSR count). The monoisotopic (exact) mass is 510 g/mol. The standard InChI is InChI=1S/C25H32F2O5SSi/c1-17(28)31-15-21(18-8-11-20(12-9-18)33(5,29)30)22(16-32-34(6,7)25(2,3)4)19-10-13-23(26)24(27)14-19/h8-14H,15-16H2,1-7H3/b22-21+. The topological polar surface area (TPSA) is 69.7 Å². The van der Waals surface area contributed by atoms with Crippen molar-refractivity contribution in [3.8, 4) is 0 Å². The van der Waals surface area contributed by atoms with Crippen molar-refractivity contribution in [1.29, 1.82) is 0 Å². The van der Waals surface area contributed by atoms with Crippen LogP contribution >= 0.6 is 0 Å². The Morgan fingerprint density at radius 1 is 0.912 bits per heavy atom. The highest BCUT2D eigenvalue weighted by molar-refractivity contribution is 7.90. The summed E-state index contributed by atoms with van der Waals surface area (Å²) in [5.41, 5.74) is 2.00. The first-order valence-electron chi connectivity index (χ1n) is 10.8. The van der Waals surface area contributed by atoms with Crippen molar-refractivity contribution in [2.75, 3.05) is 19.5 Å². The SMILES string of the molecule is CC(=O)OC/C(=C(/CO[Si](C)(C)C(C)(C)C)c1ccc(F)c(F)c1)c1ccc(S(C)(=O)=O)cc1. The summed E-state index contributed by atoms with van der Waals surface area (Å²) in [4.78, 5) is 11.7. The van der Waals surface area contributed by atoms with Gasteiger partial charge in [0.25, 0.3) is 0 Å². The van der Waals surface area contributed by atoms with Crippen LogP contribution < -0.4 is 0 Å². The van der Waals surface area contributed by atoms with Crippen LogP contribution in [0.3, 0.4) is 0 Å². The second kappa shape index (κ2) is 10.5. The Kier molecular flexibility index (Phi) is 8.61. The molecular formula is C25H32F2O5SSi. The number of carbonyl (C=O) groups is 1. The van der Waals surface area contributed by atoms with E-state index in [1.54, 1.807) is 12.1 Å². The average Bonchev–Trinajstić information content (AvgIpc) is 2.71. The molecule has 0 aromatic heterocycles. The summed E-state index contributed by atoms with van der Waals surface area (Å²) in [6, 6.07) is 9.67. The molecule has 0 radical (unpaired) electrons. The maximum Gasteiger partial charge on any atom is 0.302 e. The van der Waals surface area contributed by atoms with E-state index in [0.29, 0.717) is 22.3 Å². The fraction of sp³-hybridized carbons (Fsp3) is 0.400. The third kappa shape index (κ3) is 7.07. The summed E-state index contributed by atoms with van der Waals surface area (Å²) in [5.74, 6) is -2.51. The first-order chi connectivity index (χ1) is 15.5. The number of esters is 1. The van der Waals surface area contributed by atoms with Crippen LogP contribution in [0, 0.1) is 11.6 Å². The summed E-state index contributed by atoms with van der Waals surface area (Å²) in [5, 5.41) is -0.0979. The Morgan fingerprint density at radius 3 is 1.91 bits per heavy atom. The first kappa shape index (κ1) is 27.9. The van der Waals surface area contributed by atoms with Gasteiger partial charge in [-0.15, -0.1) is 0 Å². The number of hydrogen-bond donors (Lipinski definition) is 0. The van der Waals surface area contributed by atoms with Gasteiger partial charge in [-0.3, -0.25) is 4.79 Å². The fourth-order valence-electron chi connectivity index (χ4n) is 2.92. The minimum atomic E-state index is -3.41. The van der Waals surface area contributed by atoms with Gasteiger partial charge >= 0.3 is 5.97 Å². The number of hydrogen-bond acceptors (Lipinski definition) is 5. The highest BCUT2D eigenvalue weighted by Crippen LogP contribution is 2.38. The van der Waals surface area contributed by atoms with Gasteiger partial charge in [-0.25, -0.2) is 17.2 Å². The molecule has 0 saturated carbocycles. The summed E-state index contributed by atoms with van der Waals surface area (Å²) < 4.78 is 63.3. The van der Waals surface area contributed by atoms with Gasteiger partial charge in [0.2, 0.25) is 0 Å². The zero-order chi connectivity index (χ0) is 25.9. The molecule has 5 nitrogen and oxygen atoms in total. The number of carbonyl (C=O) groups excluding carboxylic acids is 1. The molecule has 0 aliphatic carbocycles. The highest BCUT2D eigenvalue weighted by Gasteiger charge is 2.37. The minimum absolute atomic E-state index is 0.0754. The van der Waals surface area contributed by atoms with Crippen molar-refractivity contribution in [2.45, 2.75) is 50.7 Å². The lowest BCUT2D eigenvalue weighted by Gasteiger charge is -2.36. The molecule has 0 spiro atoms. The van der Waals surface area contributed by atoms with Crippen LogP contribution in [-0.4, -0.2) is 42.2 Å². The Bertz CT molecular complexity index is 1180. The summed E-state index contributed by atoms with van der Waals surface area (Å²) in [6.07, 6.45) is 1.11. The molecule has 2 aromatic carbocycles. The normalized spacial score (nSPS) is 13.4. The van der Waals surface area contributed by atoms with E-state index in [2.05, 4.69) is 33.9 Å².